The molecule has 98 valence electrons. The molecule has 0 bridgehead atoms. The lowest BCUT2D eigenvalue weighted by molar-refractivity contribution is 1.06. The van der Waals surface area contributed by atoms with Crippen molar-refractivity contribution in [1.29, 1.82) is 5.26 Å². The van der Waals surface area contributed by atoms with E-state index in [9.17, 15) is 0 Å². The number of pyridine rings is 1. The summed E-state index contributed by atoms with van der Waals surface area (Å²) >= 11 is 6.02. The summed E-state index contributed by atoms with van der Waals surface area (Å²) in [5.74, 6) is 0. The van der Waals surface area contributed by atoms with Gasteiger partial charge in [-0.2, -0.15) is 5.26 Å². The Morgan fingerprint density at radius 2 is 2.15 bits per heavy atom. The molecule has 0 atom stereocenters. The van der Waals surface area contributed by atoms with Crippen LogP contribution in [0.25, 0.3) is 16.9 Å². The van der Waals surface area contributed by atoms with Crippen LogP contribution in [0.15, 0.2) is 42.6 Å². The van der Waals surface area contributed by atoms with Crippen LogP contribution in [0.3, 0.4) is 0 Å². The van der Waals surface area contributed by atoms with Crippen molar-refractivity contribution in [1.82, 2.24) is 9.38 Å². The lowest BCUT2D eigenvalue weighted by atomic mass is 10.1. The van der Waals surface area contributed by atoms with Crippen LogP contribution in [0.5, 0.6) is 0 Å². The zero-order valence-corrected chi connectivity index (χ0v) is 11.3. The predicted molar refractivity (Wildman–Crippen MR) is 79.4 cm³/mol. The minimum absolute atomic E-state index is 0.256. The smallest absolute Gasteiger partial charge is 0.137 e. The van der Waals surface area contributed by atoms with Crippen molar-refractivity contribution in [2.24, 2.45) is 0 Å². The molecule has 5 heteroatoms. The van der Waals surface area contributed by atoms with Crippen molar-refractivity contribution in [3.63, 3.8) is 0 Å². The van der Waals surface area contributed by atoms with Crippen molar-refractivity contribution in [2.75, 3.05) is 5.73 Å². The zero-order valence-electron chi connectivity index (χ0n) is 10.5. The maximum absolute atomic E-state index is 9.04. The molecule has 0 unspecified atom stereocenters. The molecular weight excluding hydrogens is 272 g/mol. The number of anilines is 1. The van der Waals surface area contributed by atoms with Crippen LogP contribution in [0.1, 0.15) is 5.69 Å². The fourth-order valence-corrected chi connectivity index (χ4v) is 2.39. The molecule has 0 saturated carbocycles. The van der Waals surface area contributed by atoms with E-state index in [0.29, 0.717) is 10.7 Å². The molecule has 0 saturated heterocycles. The topological polar surface area (TPSA) is 67.1 Å². The summed E-state index contributed by atoms with van der Waals surface area (Å²) in [5, 5.41) is 9.65. The average Bonchev–Trinajstić information content (AvgIpc) is 2.78. The van der Waals surface area contributed by atoms with E-state index in [2.05, 4.69) is 11.1 Å². The minimum Gasteiger partial charge on any atom is -0.399 e. The Morgan fingerprint density at radius 1 is 1.30 bits per heavy atom. The number of nitrogen functional groups attached to an aromatic ring is 1. The molecule has 0 aliphatic heterocycles. The van der Waals surface area contributed by atoms with Gasteiger partial charge in [0.2, 0.25) is 0 Å². The van der Waals surface area contributed by atoms with Gasteiger partial charge in [-0.15, -0.1) is 0 Å². The molecule has 0 spiro atoms. The molecule has 0 aliphatic carbocycles. The number of imidazole rings is 1. The number of benzene rings is 1. The normalized spacial score (nSPS) is 10.6. The lowest BCUT2D eigenvalue weighted by Crippen LogP contribution is -1.94. The number of halogens is 1. The lowest BCUT2D eigenvalue weighted by Gasteiger charge is -2.02. The first-order chi connectivity index (χ1) is 9.69. The van der Waals surface area contributed by atoms with Crippen molar-refractivity contribution in [3.05, 3.63) is 53.3 Å². The maximum Gasteiger partial charge on any atom is 0.137 e. The Balaban J connectivity index is 2.30. The summed E-state index contributed by atoms with van der Waals surface area (Å²) in [4.78, 5) is 4.58. The molecule has 0 radical (unpaired) electrons. The second-order valence-electron chi connectivity index (χ2n) is 4.44. The number of rotatable bonds is 2. The number of aromatic nitrogens is 2. The molecule has 4 nitrogen and oxygen atoms in total. The summed E-state index contributed by atoms with van der Waals surface area (Å²) < 4.78 is 1.85. The number of nitrogens with two attached hydrogens (primary N) is 1. The first-order valence-electron chi connectivity index (χ1n) is 6.08. The monoisotopic (exact) mass is 282 g/mol. The molecule has 3 rings (SSSR count). The van der Waals surface area contributed by atoms with Crippen LogP contribution < -0.4 is 5.73 Å². The largest absolute Gasteiger partial charge is 0.399 e. The van der Waals surface area contributed by atoms with Crippen molar-refractivity contribution in [3.8, 4) is 17.3 Å². The van der Waals surface area contributed by atoms with E-state index in [0.717, 1.165) is 22.6 Å². The van der Waals surface area contributed by atoms with Gasteiger partial charge in [-0.25, -0.2) is 4.98 Å². The minimum atomic E-state index is 0.256. The van der Waals surface area contributed by atoms with E-state index in [1.165, 1.54) is 0 Å². The second kappa shape index (κ2) is 4.87. The standard InChI is InChI=1S/C15H11ClN4/c16-11-4-5-14-19-15(10-2-1-3-12(18)8-10)13(6-7-17)20(14)9-11/h1-5,8-9H,6,18H2. The third-order valence-corrected chi connectivity index (χ3v) is 3.31. The van der Waals surface area contributed by atoms with Crippen LogP contribution in [0.4, 0.5) is 5.69 Å². The SMILES string of the molecule is N#CCc1c(-c2cccc(N)c2)nc2ccc(Cl)cn12. The van der Waals surface area contributed by atoms with Gasteiger partial charge in [0.25, 0.3) is 0 Å². The van der Waals surface area contributed by atoms with Gasteiger partial charge in [0.1, 0.15) is 5.65 Å². The molecule has 2 N–H and O–H groups in total. The van der Waals surface area contributed by atoms with Crippen LogP contribution in [0, 0.1) is 11.3 Å². The summed E-state index contributed by atoms with van der Waals surface area (Å²) in [6, 6.07) is 13.3. The van der Waals surface area contributed by atoms with Gasteiger partial charge in [-0.1, -0.05) is 23.7 Å². The predicted octanol–water partition coefficient (Wildman–Crippen LogP) is 3.30. The van der Waals surface area contributed by atoms with Crippen LogP contribution >= 0.6 is 11.6 Å². The first-order valence-corrected chi connectivity index (χ1v) is 6.46. The van der Waals surface area contributed by atoms with Gasteiger partial charge >= 0.3 is 0 Å². The van der Waals surface area contributed by atoms with E-state index in [1.54, 1.807) is 12.3 Å². The molecular formula is C15H11ClN4. The third kappa shape index (κ3) is 2.09. The highest BCUT2D eigenvalue weighted by atomic mass is 35.5. The quantitative estimate of drug-likeness (QED) is 0.733. The van der Waals surface area contributed by atoms with E-state index in [1.807, 2.05) is 34.7 Å². The second-order valence-corrected chi connectivity index (χ2v) is 4.88. The number of nitriles is 1. The Kier molecular flexibility index (Phi) is 3.05. The van der Waals surface area contributed by atoms with Gasteiger partial charge in [0, 0.05) is 17.4 Å². The van der Waals surface area contributed by atoms with Crippen LogP contribution in [0.2, 0.25) is 5.02 Å². The highest BCUT2D eigenvalue weighted by molar-refractivity contribution is 6.30. The van der Waals surface area contributed by atoms with Gasteiger partial charge in [0.15, 0.2) is 0 Å². The van der Waals surface area contributed by atoms with Crippen molar-refractivity contribution >= 4 is 22.9 Å². The van der Waals surface area contributed by atoms with Gasteiger partial charge < -0.3 is 10.1 Å². The molecule has 1 aromatic carbocycles. The van der Waals surface area contributed by atoms with E-state index >= 15 is 0 Å². The van der Waals surface area contributed by atoms with Gasteiger partial charge in [-0.3, -0.25) is 0 Å². The fourth-order valence-electron chi connectivity index (χ4n) is 2.23. The fraction of sp³-hybridized carbons (Fsp3) is 0.0667. The highest BCUT2D eigenvalue weighted by Crippen LogP contribution is 2.27. The molecule has 0 amide bonds. The maximum atomic E-state index is 9.04. The van der Waals surface area contributed by atoms with Crippen molar-refractivity contribution < 1.29 is 0 Å². The molecule has 3 aromatic rings. The highest BCUT2D eigenvalue weighted by Gasteiger charge is 2.14. The van der Waals surface area contributed by atoms with Gasteiger partial charge in [0.05, 0.1) is 28.9 Å². The van der Waals surface area contributed by atoms with Crippen LogP contribution in [-0.4, -0.2) is 9.38 Å². The van der Waals surface area contributed by atoms with Gasteiger partial charge in [-0.05, 0) is 24.3 Å². The zero-order chi connectivity index (χ0) is 14.1. The molecule has 0 aliphatic rings. The Hall–Kier alpha value is -2.51. The van der Waals surface area contributed by atoms with E-state index in [-0.39, 0.29) is 6.42 Å². The summed E-state index contributed by atoms with van der Waals surface area (Å²) in [6.07, 6.45) is 2.03. The van der Waals surface area contributed by atoms with E-state index < -0.39 is 0 Å². The third-order valence-electron chi connectivity index (χ3n) is 3.09. The molecule has 2 aromatic heterocycles. The summed E-state index contributed by atoms with van der Waals surface area (Å²) in [5.41, 5.74) is 9.72. The average molecular weight is 283 g/mol. The Morgan fingerprint density at radius 3 is 2.90 bits per heavy atom. The summed E-state index contributed by atoms with van der Waals surface area (Å²) in [6.45, 7) is 0. The number of fused-ring (bicyclic) bond motifs is 1. The van der Waals surface area contributed by atoms with E-state index in [4.69, 9.17) is 22.6 Å². The first kappa shape index (κ1) is 12.5. The molecule has 2 heterocycles. The number of hydrogen-bond donors (Lipinski definition) is 1. The Labute approximate surface area is 121 Å². The number of hydrogen-bond acceptors (Lipinski definition) is 3. The Bertz CT molecular complexity index is 829. The molecule has 0 fully saturated rings. The van der Waals surface area contributed by atoms with Crippen LogP contribution in [-0.2, 0) is 6.42 Å². The summed E-state index contributed by atoms with van der Waals surface area (Å²) in [7, 11) is 0. The van der Waals surface area contributed by atoms with Crippen molar-refractivity contribution in [2.45, 2.75) is 6.42 Å². The molecule has 20 heavy (non-hydrogen) atoms. The number of nitrogens with zero attached hydrogens (tertiary/aromatic N) is 3.